The fraction of sp³-hybridized carbons (Fsp3) is 0.556. The molecule has 0 radical (unpaired) electrons. The molecule has 0 aliphatic rings. The van der Waals surface area contributed by atoms with E-state index < -0.39 is 0 Å². The summed E-state index contributed by atoms with van der Waals surface area (Å²) < 4.78 is 0. The zero-order valence-electron chi connectivity index (χ0n) is 8.36. The molecule has 0 bridgehead atoms. The second-order valence-corrected chi connectivity index (χ2v) is 3.13. The van der Waals surface area contributed by atoms with E-state index in [4.69, 9.17) is 5.73 Å². The lowest BCUT2D eigenvalue weighted by Gasteiger charge is -2.25. The molecule has 0 amide bonds. The normalized spacial score (nSPS) is 12.5. The van der Waals surface area contributed by atoms with Crippen LogP contribution >= 0.6 is 0 Å². The molecule has 2 N–H and O–H groups in total. The second-order valence-electron chi connectivity index (χ2n) is 3.13. The highest BCUT2D eigenvalue weighted by atomic mass is 15.2. The van der Waals surface area contributed by atoms with E-state index in [0.29, 0.717) is 11.9 Å². The minimum Gasteiger partial charge on any atom is -0.381 e. The van der Waals surface area contributed by atoms with Crippen LogP contribution < -0.4 is 10.6 Å². The van der Waals surface area contributed by atoms with Crippen LogP contribution in [0.3, 0.4) is 0 Å². The third-order valence-corrected chi connectivity index (χ3v) is 2.29. The van der Waals surface area contributed by atoms with E-state index in [-0.39, 0.29) is 0 Å². The maximum Gasteiger partial charge on any atom is 0.171 e. The number of rotatable bonds is 3. The average molecular weight is 180 g/mol. The molecule has 0 saturated heterocycles. The molecule has 4 heteroatoms. The highest BCUT2D eigenvalue weighted by Crippen LogP contribution is 2.17. The Morgan fingerprint density at radius 1 is 1.46 bits per heavy atom. The van der Waals surface area contributed by atoms with Crippen molar-refractivity contribution < 1.29 is 0 Å². The fourth-order valence-electron chi connectivity index (χ4n) is 1.10. The van der Waals surface area contributed by atoms with Gasteiger partial charge in [0, 0.05) is 25.5 Å². The smallest absolute Gasteiger partial charge is 0.171 e. The number of nitrogen functional groups attached to an aromatic ring is 1. The first kappa shape index (κ1) is 9.77. The molecule has 0 fully saturated rings. The molecule has 4 nitrogen and oxygen atoms in total. The van der Waals surface area contributed by atoms with Crippen molar-refractivity contribution in [2.75, 3.05) is 17.7 Å². The Morgan fingerprint density at radius 2 is 2.08 bits per heavy atom. The minimum absolute atomic E-state index is 0.430. The van der Waals surface area contributed by atoms with Crippen molar-refractivity contribution in [2.24, 2.45) is 0 Å². The molecule has 0 aliphatic carbocycles. The van der Waals surface area contributed by atoms with Gasteiger partial charge in [0.1, 0.15) is 0 Å². The summed E-state index contributed by atoms with van der Waals surface area (Å²) in [5.74, 6) is 1.25. The summed E-state index contributed by atoms with van der Waals surface area (Å²) in [6.07, 6.45) is 4.32. The maximum atomic E-state index is 5.70. The third kappa shape index (κ3) is 2.08. The first-order chi connectivity index (χ1) is 6.16. The summed E-state index contributed by atoms with van der Waals surface area (Å²) >= 11 is 0. The van der Waals surface area contributed by atoms with Gasteiger partial charge in [-0.15, -0.1) is 0 Å². The lowest BCUT2D eigenvalue weighted by Crippen LogP contribution is -2.29. The molecule has 0 aliphatic heterocycles. The molecule has 0 saturated carbocycles. The van der Waals surface area contributed by atoms with Crippen LogP contribution in [0.25, 0.3) is 0 Å². The Labute approximate surface area is 78.8 Å². The van der Waals surface area contributed by atoms with Crippen LogP contribution in [0.1, 0.15) is 20.3 Å². The molecule has 0 aromatic carbocycles. The van der Waals surface area contributed by atoms with Gasteiger partial charge in [0.25, 0.3) is 0 Å². The van der Waals surface area contributed by atoms with Gasteiger partial charge in [-0.2, -0.15) is 0 Å². The Bertz CT molecular complexity index is 274. The van der Waals surface area contributed by atoms with Crippen molar-refractivity contribution in [3.05, 3.63) is 12.4 Å². The lowest BCUT2D eigenvalue weighted by atomic mass is 10.2. The Balaban J connectivity index is 2.88. The first-order valence-corrected chi connectivity index (χ1v) is 4.46. The number of hydrogen-bond donors (Lipinski definition) is 1. The average Bonchev–Trinajstić information content (AvgIpc) is 2.16. The molecular formula is C9H16N4. The van der Waals surface area contributed by atoms with Crippen LogP contribution in [0.2, 0.25) is 0 Å². The van der Waals surface area contributed by atoms with Gasteiger partial charge in [0.05, 0.1) is 0 Å². The number of nitrogens with zero attached hydrogens (tertiary/aromatic N) is 3. The Kier molecular flexibility index (Phi) is 3.06. The van der Waals surface area contributed by atoms with Crippen molar-refractivity contribution in [3.8, 4) is 0 Å². The summed E-state index contributed by atoms with van der Waals surface area (Å²) in [7, 11) is 1.98. The van der Waals surface area contributed by atoms with Gasteiger partial charge in [-0.05, 0) is 13.3 Å². The van der Waals surface area contributed by atoms with E-state index in [1.165, 1.54) is 0 Å². The molecule has 0 spiro atoms. The van der Waals surface area contributed by atoms with E-state index in [0.717, 1.165) is 12.2 Å². The molecular weight excluding hydrogens is 164 g/mol. The van der Waals surface area contributed by atoms with Crippen LogP contribution in [0.4, 0.5) is 11.6 Å². The van der Waals surface area contributed by atoms with E-state index in [2.05, 4.69) is 23.8 Å². The molecule has 1 heterocycles. The van der Waals surface area contributed by atoms with Crippen LogP contribution in [0, 0.1) is 0 Å². The zero-order valence-corrected chi connectivity index (χ0v) is 8.36. The highest BCUT2D eigenvalue weighted by molar-refractivity contribution is 5.57. The van der Waals surface area contributed by atoms with Gasteiger partial charge >= 0.3 is 0 Å². The van der Waals surface area contributed by atoms with Crippen LogP contribution in [0.15, 0.2) is 12.4 Å². The number of aromatic nitrogens is 2. The SMILES string of the molecule is CCC(C)N(C)c1nccnc1N. The minimum atomic E-state index is 0.430. The fourth-order valence-corrected chi connectivity index (χ4v) is 1.10. The molecule has 1 atom stereocenters. The predicted molar refractivity (Wildman–Crippen MR) is 54.6 cm³/mol. The van der Waals surface area contributed by atoms with Crippen molar-refractivity contribution in [3.63, 3.8) is 0 Å². The predicted octanol–water partition coefficient (Wildman–Crippen LogP) is 1.29. The van der Waals surface area contributed by atoms with Gasteiger partial charge in [-0.3, -0.25) is 0 Å². The standard InChI is InChI=1S/C9H16N4/c1-4-7(2)13(3)9-8(10)11-5-6-12-9/h5-7H,4H2,1-3H3,(H2,10,11). The number of nitrogens with two attached hydrogens (primary N) is 1. The Morgan fingerprint density at radius 3 is 2.62 bits per heavy atom. The lowest BCUT2D eigenvalue weighted by molar-refractivity contribution is 0.656. The number of hydrogen-bond acceptors (Lipinski definition) is 4. The Hall–Kier alpha value is -1.32. The summed E-state index contributed by atoms with van der Waals surface area (Å²) in [5, 5.41) is 0. The maximum absolute atomic E-state index is 5.70. The van der Waals surface area contributed by atoms with E-state index in [1.54, 1.807) is 12.4 Å². The van der Waals surface area contributed by atoms with Crippen LogP contribution in [-0.2, 0) is 0 Å². The van der Waals surface area contributed by atoms with E-state index >= 15 is 0 Å². The monoisotopic (exact) mass is 180 g/mol. The summed E-state index contributed by atoms with van der Waals surface area (Å²) in [6, 6.07) is 0.430. The largest absolute Gasteiger partial charge is 0.381 e. The quantitative estimate of drug-likeness (QED) is 0.761. The van der Waals surface area contributed by atoms with Gasteiger partial charge in [-0.1, -0.05) is 6.92 Å². The second kappa shape index (κ2) is 4.07. The van der Waals surface area contributed by atoms with Crippen molar-refractivity contribution in [1.29, 1.82) is 0 Å². The molecule has 1 unspecified atom stereocenters. The summed E-state index contributed by atoms with van der Waals surface area (Å²) in [6.45, 7) is 4.27. The van der Waals surface area contributed by atoms with Crippen molar-refractivity contribution in [2.45, 2.75) is 26.3 Å². The van der Waals surface area contributed by atoms with E-state index in [9.17, 15) is 0 Å². The molecule has 13 heavy (non-hydrogen) atoms. The highest BCUT2D eigenvalue weighted by Gasteiger charge is 2.11. The van der Waals surface area contributed by atoms with Gasteiger partial charge < -0.3 is 10.6 Å². The number of anilines is 2. The third-order valence-electron chi connectivity index (χ3n) is 2.29. The van der Waals surface area contributed by atoms with Gasteiger partial charge in [0.15, 0.2) is 11.6 Å². The topological polar surface area (TPSA) is 55.0 Å². The van der Waals surface area contributed by atoms with E-state index in [1.807, 2.05) is 11.9 Å². The first-order valence-electron chi connectivity index (χ1n) is 4.46. The van der Waals surface area contributed by atoms with Crippen molar-refractivity contribution >= 4 is 11.6 Å². The van der Waals surface area contributed by atoms with Crippen LogP contribution in [-0.4, -0.2) is 23.1 Å². The molecule has 1 rings (SSSR count). The summed E-state index contributed by atoms with van der Waals surface area (Å²) in [4.78, 5) is 10.2. The summed E-state index contributed by atoms with van der Waals surface area (Å²) in [5.41, 5.74) is 5.70. The van der Waals surface area contributed by atoms with Crippen molar-refractivity contribution in [1.82, 2.24) is 9.97 Å². The van der Waals surface area contributed by atoms with Gasteiger partial charge in [-0.25, -0.2) is 9.97 Å². The molecule has 1 aromatic heterocycles. The van der Waals surface area contributed by atoms with Crippen LogP contribution in [0.5, 0.6) is 0 Å². The molecule has 72 valence electrons. The van der Waals surface area contributed by atoms with Gasteiger partial charge in [0.2, 0.25) is 0 Å². The zero-order chi connectivity index (χ0) is 9.84. The molecule has 1 aromatic rings.